The van der Waals surface area contributed by atoms with Crippen molar-refractivity contribution in [2.24, 2.45) is 0 Å². The van der Waals surface area contributed by atoms with Crippen LogP contribution in [-0.4, -0.2) is 46.4 Å². The van der Waals surface area contributed by atoms with Crippen LogP contribution in [0.5, 0.6) is 0 Å². The fraction of sp³-hybridized carbons (Fsp3) is 0.550. The predicted molar refractivity (Wildman–Crippen MR) is 97.7 cm³/mol. The van der Waals surface area contributed by atoms with Crippen LogP contribution >= 0.6 is 0 Å². The molecule has 5 heteroatoms. The van der Waals surface area contributed by atoms with Gasteiger partial charge in [0.1, 0.15) is 0 Å². The van der Waals surface area contributed by atoms with E-state index in [0.29, 0.717) is 6.54 Å². The molecule has 2 heterocycles. The van der Waals surface area contributed by atoms with E-state index in [2.05, 4.69) is 22.0 Å². The van der Waals surface area contributed by atoms with E-state index in [1.807, 2.05) is 19.1 Å². The zero-order valence-electron chi connectivity index (χ0n) is 14.9. The largest absolute Gasteiger partial charge is 0.393 e. The average Bonchev–Trinajstić information content (AvgIpc) is 2.94. The molecule has 4 rings (SSSR count). The summed E-state index contributed by atoms with van der Waals surface area (Å²) in [6, 6.07) is 8.30. The lowest BCUT2D eigenvalue weighted by Crippen LogP contribution is -2.51. The van der Waals surface area contributed by atoms with Crippen molar-refractivity contribution in [3.63, 3.8) is 0 Å². The maximum Gasteiger partial charge on any atom is 0.252 e. The molecule has 134 valence electrons. The molecule has 1 saturated carbocycles. The van der Waals surface area contributed by atoms with Crippen LogP contribution in [0.2, 0.25) is 0 Å². The Balaban J connectivity index is 1.64. The van der Waals surface area contributed by atoms with Gasteiger partial charge in [-0.05, 0) is 55.7 Å². The van der Waals surface area contributed by atoms with E-state index in [1.165, 1.54) is 0 Å². The summed E-state index contributed by atoms with van der Waals surface area (Å²) < 4.78 is 5.89. The van der Waals surface area contributed by atoms with Crippen molar-refractivity contribution < 1.29 is 9.84 Å². The van der Waals surface area contributed by atoms with Gasteiger partial charge in [-0.1, -0.05) is 12.1 Å². The van der Waals surface area contributed by atoms with Crippen molar-refractivity contribution in [1.29, 1.82) is 0 Å². The number of nitrogens with one attached hydrogen (secondary N) is 1. The van der Waals surface area contributed by atoms with Crippen LogP contribution in [0.3, 0.4) is 0 Å². The standard InChI is InChI=1S/C20H26N2O3/c1-13-3-4-14-10-15(19(24)21-17(14)9-13)12-22-8-7-20(25-2)6-5-16(23)11-18(20)22/h3-4,9-10,16,18,23H,5-8,11-12H2,1-2H3,(H,21,24)/t16-,18+,20-/m1/s1. The molecule has 0 amide bonds. The van der Waals surface area contributed by atoms with Crippen LogP contribution in [-0.2, 0) is 11.3 Å². The first kappa shape index (κ1) is 16.8. The van der Waals surface area contributed by atoms with Gasteiger partial charge in [0, 0.05) is 37.3 Å². The summed E-state index contributed by atoms with van der Waals surface area (Å²) in [6.07, 6.45) is 3.10. The van der Waals surface area contributed by atoms with Crippen LogP contribution in [0, 0.1) is 6.92 Å². The normalized spacial score (nSPS) is 29.9. The van der Waals surface area contributed by atoms with E-state index in [-0.39, 0.29) is 23.3 Å². The number of likely N-dealkylation sites (tertiary alicyclic amines) is 1. The van der Waals surface area contributed by atoms with Gasteiger partial charge in [-0.25, -0.2) is 0 Å². The number of aliphatic hydroxyl groups is 1. The molecule has 1 aromatic heterocycles. The summed E-state index contributed by atoms with van der Waals surface area (Å²) in [5, 5.41) is 11.2. The molecule has 25 heavy (non-hydrogen) atoms. The van der Waals surface area contributed by atoms with Crippen molar-refractivity contribution in [2.45, 2.75) is 56.9 Å². The number of ether oxygens (including phenoxy) is 1. The maximum atomic E-state index is 12.5. The SMILES string of the molecule is CO[C@@]12CC[C@@H](O)C[C@@H]1N(Cc1cc3ccc(C)cc3[nH]c1=O)CC2. The topological polar surface area (TPSA) is 65.6 Å². The van der Waals surface area contributed by atoms with Crippen LogP contribution < -0.4 is 5.56 Å². The number of aromatic amines is 1. The molecule has 2 aliphatic rings. The molecule has 1 saturated heterocycles. The average molecular weight is 342 g/mol. The highest BCUT2D eigenvalue weighted by Crippen LogP contribution is 2.42. The van der Waals surface area contributed by atoms with Crippen molar-refractivity contribution >= 4 is 10.9 Å². The van der Waals surface area contributed by atoms with Crippen LogP contribution in [0.15, 0.2) is 29.1 Å². The van der Waals surface area contributed by atoms with Gasteiger partial charge in [-0.2, -0.15) is 0 Å². The van der Waals surface area contributed by atoms with E-state index < -0.39 is 0 Å². The van der Waals surface area contributed by atoms with Crippen molar-refractivity contribution in [3.8, 4) is 0 Å². The number of fused-ring (bicyclic) bond motifs is 2. The third-order valence-electron chi connectivity index (χ3n) is 6.12. The summed E-state index contributed by atoms with van der Waals surface area (Å²) in [7, 11) is 1.78. The number of aromatic nitrogens is 1. The minimum absolute atomic E-state index is 0.0237. The summed E-state index contributed by atoms with van der Waals surface area (Å²) >= 11 is 0. The Kier molecular flexibility index (Phi) is 4.18. The summed E-state index contributed by atoms with van der Waals surface area (Å²) in [5.41, 5.74) is 2.61. The molecule has 5 nitrogen and oxygen atoms in total. The fourth-order valence-corrected chi connectivity index (χ4v) is 4.66. The molecule has 2 aromatic rings. The van der Waals surface area contributed by atoms with Gasteiger partial charge < -0.3 is 14.8 Å². The highest BCUT2D eigenvalue weighted by molar-refractivity contribution is 5.79. The molecule has 1 aliphatic heterocycles. The minimum atomic E-state index is -0.272. The summed E-state index contributed by atoms with van der Waals surface area (Å²) in [5.74, 6) is 0. The second kappa shape index (κ2) is 6.24. The van der Waals surface area contributed by atoms with Crippen molar-refractivity contribution in [1.82, 2.24) is 9.88 Å². The molecule has 0 bridgehead atoms. The molecule has 0 spiro atoms. The zero-order valence-corrected chi connectivity index (χ0v) is 14.9. The summed E-state index contributed by atoms with van der Waals surface area (Å²) in [4.78, 5) is 17.9. The number of rotatable bonds is 3. The number of aryl methyl sites for hydroxylation is 1. The Labute approximate surface area is 147 Å². The molecule has 0 radical (unpaired) electrons. The van der Waals surface area contributed by atoms with Crippen molar-refractivity contribution in [2.75, 3.05) is 13.7 Å². The number of aliphatic hydroxyl groups excluding tert-OH is 1. The van der Waals surface area contributed by atoms with E-state index in [0.717, 1.165) is 54.3 Å². The smallest absolute Gasteiger partial charge is 0.252 e. The Morgan fingerprint density at radius 3 is 3.00 bits per heavy atom. The van der Waals surface area contributed by atoms with E-state index in [4.69, 9.17) is 4.74 Å². The maximum absolute atomic E-state index is 12.5. The molecule has 1 aliphatic carbocycles. The number of nitrogens with zero attached hydrogens (tertiary/aromatic N) is 1. The third-order valence-corrected chi connectivity index (χ3v) is 6.12. The van der Waals surface area contributed by atoms with E-state index >= 15 is 0 Å². The minimum Gasteiger partial charge on any atom is -0.393 e. The Morgan fingerprint density at radius 2 is 2.20 bits per heavy atom. The van der Waals surface area contributed by atoms with Gasteiger partial charge in [-0.3, -0.25) is 9.69 Å². The number of pyridine rings is 1. The molecule has 2 fully saturated rings. The first-order valence-corrected chi connectivity index (χ1v) is 9.10. The van der Waals surface area contributed by atoms with Gasteiger partial charge in [-0.15, -0.1) is 0 Å². The second-order valence-corrected chi connectivity index (χ2v) is 7.65. The highest BCUT2D eigenvalue weighted by atomic mass is 16.5. The molecular formula is C20H26N2O3. The van der Waals surface area contributed by atoms with Gasteiger partial charge in [0.15, 0.2) is 0 Å². The van der Waals surface area contributed by atoms with E-state index in [1.54, 1.807) is 7.11 Å². The number of H-pyrrole nitrogens is 1. The lowest BCUT2D eigenvalue weighted by Gasteiger charge is -2.42. The second-order valence-electron chi connectivity index (χ2n) is 7.65. The first-order valence-electron chi connectivity index (χ1n) is 9.10. The monoisotopic (exact) mass is 342 g/mol. The first-order chi connectivity index (χ1) is 12.0. The third kappa shape index (κ3) is 2.90. The number of hydrogen-bond donors (Lipinski definition) is 2. The lowest BCUT2D eigenvalue weighted by molar-refractivity contribution is -0.0879. The van der Waals surface area contributed by atoms with Crippen LogP contribution in [0.1, 0.15) is 36.8 Å². The van der Waals surface area contributed by atoms with E-state index in [9.17, 15) is 9.90 Å². The Bertz CT molecular complexity index is 846. The Morgan fingerprint density at radius 1 is 1.36 bits per heavy atom. The number of hydrogen-bond acceptors (Lipinski definition) is 4. The van der Waals surface area contributed by atoms with Gasteiger partial charge >= 0.3 is 0 Å². The fourth-order valence-electron chi connectivity index (χ4n) is 4.66. The molecule has 0 unspecified atom stereocenters. The summed E-state index contributed by atoms with van der Waals surface area (Å²) in [6.45, 7) is 3.52. The molecular weight excluding hydrogens is 316 g/mol. The molecule has 3 atom stereocenters. The predicted octanol–water partition coefficient (Wildman–Crippen LogP) is 2.34. The lowest BCUT2D eigenvalue weighted by atomic mass is 9.79. The van der Waals surface area contributed by atoms with Gasteiger partial charge in [0.2, 0.25) is 0 Å². The quantitative estimate of drug-likeness (QED) is 0.899. The molecule has 1 aromatic carbocycles. The highest BCUT2D eigenvalue weighted by Gasteiger charge is 2.50. The Hall–Kier alpha value is -1.69. The van der Waals surface area contributed by atoms with Crippen molar-refractivity contribution in [3.05, 3.63) is 45.7 Å². The van der Waals surface area contributed by atoms with Crippen LogP contribution in [0.25, 0.3) is 10.9 Å². The van der Waals surface area contributed by atoms with Gasteiger partial charge in [0.05, 0.1) is 11.7 Å². The molecule has 2 N–H and O–H groups in total. The zero-order chi connectivity index (χ0) is 17.6. The number of methoxy groups -OCH3 is 1. The number of benzene rings is 1. The van der Waals surface area contributed by atoms with Crippen LogP contribution in [0.4, 0.5) is 0 Å². The van der Waals surface area contributed by atoms with Gasteiger partial charge in [0.25, 0.3) is 5.56 Å².